The molecule has 0 unspecified atom stereocenters. The van der Waals surface area contributed by atoms with Gasteiger partial charge in [-0.05, 0) is 55.2 Å². The highest BCUT2D eigenvalue weighted by atomic mass is 35.5. The Kier molecular flexibility index (Phi) is 8.41. The molecule has 0 radical (unpaired) electrons. The van der Waals surface area contributed by atoms with Crippen LogP contribution in [0.15, 0.2) is 41.3 Å². The molecule has 6 nitrogen and oxygen atoms in total. The molecule has 0 heterocycles. The third-order valence-electron chi connectivity index (χ3n) is 4.41. The molecule has 0 spiro atoms. The van der Waals surface area contributed by atoms with Crippen LogP contribution in [-0.2, 0) is 14.8 Å². The van der Waals surface area contributed by atoms with Crippen LogP contribution >= 0.6 is 23.2 Å². The van der Waals surface area contributed by atoms with Gasteiger partial charge in [0, 0.05) is 6.54 Å². The molecular weight excluding hydrogens is 447 g/mol. The summed E-state index contributed by atoms with van der Waals surface area (Å²) in [7, 11) is -2.74. The topological polar surface area (TPSA) is 75.7 Å². The highest BCUT2D eigenvalue weighted by Crippen LogP contribution is 2.33. The van der Waals surface area contributed by atoms with Crippen molar-refractivity contribution in [3.05, 3.63) is 52.0 Å². The lowest BCUT2D eigenvalue weighted by Crippen LogP contribution is -2.41. The van der Waals surface area contributed by atoms with E-state index in [9.17, 15) is 13.2 Å². The Hall–Kier alpha value is -1.96. The zero-order chi connectivity index (χ0) is 22.5. The fourth-order valence-corrected chi connectivity index (χ4v) is 4.69. The van der Waals surface area contributed by atoms with E-state index in [1.165, 1.54) is 31.4 Å². The lowest BCUT2D eigenvalue weighted by atomic mass is 10.1. The van der Waals surface area contributed by atoms with Crippen molar-refractivity contribution in [3.8, 4) is 5.75 Å². The van der Waals surface area contributed by atoms with E-state index in [4.69, 9.17) is 27.9 Å². The Bertz CT molecular complexity index is 1010. The standard InChI is InChI=1S/C21H26Cl2N2O4S/c1-14(2)9-10-24-21(26)13-25(16-6-7-17(22)18(23)12-16)30(27,28)20-11-15(3)5-8-19(20)29-4/h5-8,11-12,14H,9-10,13H2,1-4H3,(H,24,26). The van der Waals surface area contributed by atoms with E-state index in [1.807, 2.05) is 13.8 Å². The third kappa shape index (κ3) is 6.03. The summed E-state index contributed by atoms with van der Waals surface area (Å²) in [5, 5.41) is 3.24. The molecule has 0 fully saturated rings. The Balaban J connectivity index is 2.48. The second-order valence-corrected chi connectivity index (χ2v) is 9.94. The van der Waals surface area contributed by atoms with Crippen LogP contribution < -0.4 is 14.4 Å². The Labute approximate surface area is 188 Å². The van der Waals surface area contributed by atoms with Crippen molar-refractivity contribution in [2.75, 3.05) is 24.5 Å². The maximum atomic E-state index is 13.6. The number of methoxy groups -OCH3 is 1. The number of carbonyl (C=O) groups excluding carboxylic acids is 1. The molecule has 164 valence electrons. The van der Waals surface area contributed by atoms with Crippen LogP contribution in [0.4, 0.5) is 5.69 Å². The van der Waals surface area contributed by atoms with Crippen LogP contribution in [0, 0.1) is 12.8 Å². The van der Waals surface area contributed by atoms with Gasteiger partial charge in [0.2, 0.25) is 5.91 Å². The van der Waals surface area contributed by atoms with Gasteiger partial charge in [-0.15, -0.1) is 0 Å². The van der Waals surface area contributed by atoms with E-state index >= 15 is 0 Å². The summed E-state index contributed by atoms with van der Waals surface area (Å²) < 4.78 is 33.4. The highest BCUT2D eigenvalue weighted by Gasteiger charge is 2.30. The summed E-state index contributed by atoms with van der Waals surface area (Å²) in [6.07, 6.45) is 0.789. The normalized spacial score (nSPS) is 11.4. The molecule has 0 aliphatic carbocycles. The molecule has 30 heavy (non-hydrogen) atoms. The first-order chi connectivity index (χ1) is 14.1. The first-order valence-electron chi connectivity index (χ1n) is 9.45. The van der Waals surface area contributed by atoms with E-state index in [0.29, 0.717) is 12.5 Å². The monoisotopic (exact) mass is 472 g/mol. The number of sulfonamides is 1. The number of carbonyl (C=O) groups is 1. The molecular formula is C21H26Cl2N2O4S. The molecule has 1 amide bonds. The van der Waals surface area contributed by atoms with Gasteiger partial charge in [-0.25, -0.2) is 8.42 Å². The van der Waals surface area contributed by atoms with Gasteiger partial charge < -0.3 is 10.1 Å². The summed E-state index contributed by atoms with van der Waals surface area (Å²) >= 11 is 12.1. The number of nitrogens with zero attached hydrogens (tertiary/aromatic N) is 1. The molecule has 0 aliphatic rings. The maximum absolute atomic E-state index is 13.6. The van der Waals surface area contributed by atoms with Crippen molar-refractivity contribution in [1.29, 1.82) is 0 Å². The Morgan fingerprint density at radius 3 is 2.43 bits per heavy atom. The van der Waals surface area contributed by atoms with Gasteiger partial charge in [0.05, 0.1) is 22.8 Å². The largest absolute Gasteiger partial charge is 0.495 e. The van der Waals surface area contributed by atoms with Crippen LogP contribution in [-0.4, -0.2) is 34.5 Å². The smallest absolute Gasteiger partial charge is 0.268 e. The second-order valence-electron chi connectivity index (χ2n) is 7.30. The van der Waals surface area contributed by atoms with E-state index in [0.717, 1.165) is 16.3 Å². The van der Waals surface area contributed by atoms with E-state index in [1.54, 1.807) is 19.1 Å². The SMILES string of the molecule is COc1ccc(C)cc1S(=O)(=O)N(CC(=O)NCCC(C)C)c1ccc(Cl)c(Cl)c1. The molecule has 9 heteroatoms. The van der Waals surface area contributed by atoms with Crippen molar-refractivity contribution in [3.63, 3.8) is 0 Å². The van der Waals surface area contributed by atoms with Crippen LogP contribution in [0.3, 0.4) is 0 Å². The van der Waals surface area contributed by atoms with Gasteiger partial charge in [0.25, 0.3) is 10.0 Å². The summed E-state index contributed by atoms with van der Waals surface area (Å²) in [5.74, 6) is 0.180. The van der Waals surface area contributed by atoms with Crippen LogP contribution in [0.5, 0.6) is 5.75 Å². The molecule has 0 aliphatic heterocycles. The van der Waals surface area contributed by atoms with Crippen molar-refractivity contribution >= 4 is 44.8 Å². The minimum absolute atomic E-state index is 0.0361. The molecule has 2 rings (SSSR count). The molecule has 2 aromatic carbocycles. The minimum atomic E-state index is -4.14. The van der Waals surface area contributed by atoms with Gasteiger partial charge >= 0.3 is 0 Å². The number of hydrogen-bond donors (Lipinski definition) is 1. The zero-order valence-corrected chi connectivity index (χ0v) is 19.7. The van der Waals surface area contributed by atoms with Crippen molar-refractivity contribution in [2.45, 2.75) is 32.1 Å². The first kappa shape index (κ1) is 24.3. The fraction of sp³-hybridized carbons (Fsp3) is 0.381. The average molecular weight is 473 g/mol. The van der Waals surface area contributed by atoms with Gasteiger partial charge in [-0.2, -0.15) is 0 Å². The summed E-state index contributed by atoms with van der Waals surface area (Å²) in [6.45, 7) is 5.92. The maximum Gasteiger partial charge on any atom is 0.268 e. The molecule has 0 aromatic heterocycles. The first-order valence-corrected chi connectivity index (χ1v) is 11.6. The number of ether oxygens (including phenoxy) is 1. The molecule has 0 bridgehead atoms. The zero-order valence-electron chi connectivity index (χ0n) is 17.4. The Morgan fingerprint density at radius 1 is 1.13 bits per heavy atom. The van der Waals surface area contributed by atoms with Crippen LogP contribution in [0.2, 0.25) is 10.0 Å². The third-order valence-corrected chi connectivity index (χ3v) is 6.94. The van der Waals surface area contributed by atoms with Crippen LogP contribution in [0.1, 0.15) is 25.8 Å². The molecule has 0 saturated heterocycles. The lowest BCUT2D eigenvalue weighted by molar-refractivity contribution is -0.119. The van der Waals surface area contributed by atoms with Crippen molar-refractivity contribution in [1.82, 2.24) is 5.32 Å². The van der Waals surface area contributed by atoms with E-state index in [-0.39, 0.29) is 26.4 Å². The van der Waals surface area contributed by atoms with E-state index < -0.39 is 22.5 Å². The summed E-state index contributed by atoms with van der Waals surface area (Å²) in [4.78, 5) is 12.5. The van der Waals surface area contributed by atoms with Gasteiger partial charge in [-0.3, -0.25) is 9.10 Å². The summed E-state index contributed by atoms with van der Waals surface area (Å²) in [5.41, 5.74) is 0.969. The Morgan fingerprint density at radius 2 is 1.83 bits per heavy atom. The number of benzene rings is 2. The predicted molar refractivity (Wildman–Crippen MR) is 121 cm³/mol. The van der Waals surface area contributed by atoms with E-state index in [2.05, 4.69) is 5.32 Å². The predicted octanol–water partition coefficient (Wildman–Crippen LogP) is 4.67. The number of amides is 1. The van der Waals surface area contributed by atoms with Gasteiger partial charge in [-0.1, -0.05) is 43.1 Å². The van der Waals surface area contributed by atoms with Gasteiger partial charge in [0.15, 0.2) is 0 Å². The number of aryl methyl sites for hydroxylation is 1. The number of anilines is 1. The van der Waals surface area contributed by atoms with Gasteiger partial charge in [0.1, 0.15) is 17.2 Å². The average Bonchev–Trinajstić information content (AvgIpc) is 2.68. The van der Waals surface area contributed by atoms with Crippen molar-refractivity contribution in [2.24, 2.45) is 5.92 Å². The molecule has 0 atom stereocenters. The number of nitrogens with one attached hydrogen (secondary N) is 1. The second kappa shape index (κ2) is 10.4. The van der Waals surface area contributed by atoms with Crippen molar-refractivity contribution < 1.29 is 17.9 Å². The molecule has 2 aromatic rings. The minimum Gasteiger partial charge on any atom is -0.495 e. The number of rotatable bonds is 9. The quantitative estimate of drug-likeness (QED) is 0.575. The number of halogens is 2. The fourth-order valence-electron chi connectivity index (χ4n) is 2.75. The summed E-state index contributed by atoms with van der Waals surface area (Å²) in [6, 6.07) is 9.26. The van der Waals surface area contributed by atoms with Crippen LogP contribution in [0.25, 0.3) is 0 Å². The lowest BCUT2D eigenvalue weighted by Gasteiger charge is -2.25. The molecule has 0 saturated carbocycles. The molecule has 1 N–H and O–H groups in total. The highest BCUT2D eigenvalue weighted by molar-refractivity contribution is 7.93. The number of hydrogen-bond acceptors (Lipinski definition) is 4.